The first kappa shape index (κ1) is 16.3. The van der Waals surface area contributed by atoms with Crippen molar-refractivity contribution in [1.82, 2.24) is 15.1 Å². The Kier molecular flexibility index (Phi) is 6.79. The van der Waals surface area contributed by atoms with Crippen LogP contribution in [0.4, 0.5) is 0 Å². The largest absolute Gasteiger partial charge is 0.316 e. The zero-order valence-electron chi connectivity index (χ0n) is 13.9. The van der Waals surface area contributed by atoms with Gasteiger partial charge >= 0.3 is 0 Å². The molecule has 0 aromatic carbocycles. The van der Waals surface area contributed by atoms with Crippen LogP contribution in [0.25, 0.3) is 0 Å². The van der Waals surface area contributed by atoms with Crippen LogP contribution in [0.3, 0.4) is 0 Å². The third kappa shape index (κ3) is 5.01. The van der Waals surface area contributed by atoms with Crippen molar-refractivity contribution >= 4 is 0 Å². The second-order valence-corrected chi connectivity index (χ2v) is 7.27. The normalized spacial score (nSPS) is 26.7. The van der Waals surface area contributed by atoms with E-state index < -0.39 is 0 Å². The molecule has 3 nitrogen and oxygen atoms in total. The van der Waals surface area contributed by atoms with Gasteiger partial charge < -0.3 is 10.2 Å². The van der Waals surface area contributed by atoms with Crippen molar-refractivity contribution in [3.8, 4) is 0 Å². The van der Waals surface area contributed by atoms with Gasteiger partial charge in [0.15, 0.2) is 0 Å². The highest BCUT2D eigenvalue weighted by Gasteiger charge is 2.30. The van der Waals surface area contributed by atoms with Gasteiger partial charge in [-0.05, 0) is 76.8 Å². The molecule has 0 spiro atoms. The first-order valence-corrected chi connectivity index (χ1v) is 8.86. The van der Waals surface area contributed by atoms with Crippen molar-refractivity contribution in [2.45, 2.75) is 52.5 Å². The third-order valence-electron chi connectivity index (χ3n) is 4.92. The van der Waals surface area contributed by atoms with Crippen LogP contribution in [0.2, 0.25) is 0 Å². The standard InChI is InChI=1S/C17H35N3/c1-4-8-19-9-6-17(7-10-19)20-11-5-16(14-20)13-18-12-15(2)3/h15-18H,4-14H2,1-3H3. The highest BCUT2D eigenvalue weighted by molar-refractivity contribution is 4.86. The Balaban J connectivity index is 1.63. The summed E-state index contributed by atoms with van der Waals surface area (Å²) in [6, 6.07) is 0.873. The molecule has 1 atom stereocenters. The van der Waals surface area contributed by atoms with Gasteiger partial charge in [-0.2, -0.15) is 0 Å². The van der Waals surface area contributed by atoms with E-state index in [1.54, 1.807) is 0 Å². The summed E-state index contributed by atoms with van der Waals surface area (Å²) in [5.41, 5.74) is 0. The summed E-state index contributed by atoms with van der Waals surface area (Å²) in [7, 11) is 0. The van der Waals surface area contributed by atoms with Crippen LogP contribution < -0.4 is 5.32 Å². The fourth-order valence-electron chi connectivity index (χ4n) is 3.76. The molecule has 0 amide bonds. The first-order chi connectivity index (χ1) is 9.69. The van der Waals surface area contributed by atoms with E-state index in [4.69, 9.17) is 0 Å². The lowest BCUT2D eigenvalue weighted by atomic mass is 10.0. The summed E-state index contributed by atoms with van der Waals surface area (Å²) in [4.78, 5) is 5.43. The monoisotopic (exact) mass is 281 g/mol. The minimum atomic E-state index is 0.774. The van der Waals surface area contributed by atoms with Gasteiger partial charge in [-0.25, -0.2) is 0 Å². The molecular formula is C17H35N3. The number of rotatable bonds is 7. The van der Waals surface area contributed by atoms with E-state index in [9.17, 15) is 0 Å². The van der Waals surface area contributed by atoms with E-state index in [2.05, 4.69) is 35.9 Å². The Bertz CT molecular complexity index is 259. The van der Waals surface area contributed by atoms with E-state index in [1.807, 2.05) is 0 Å². The third-order valence-corrected chi connectivity index (χ3v) is 4.92. The SMILES string of the molecule is CCCN1CCC(N2CCC(CNCC(C)C)C2)CC1. The fraction of sp³-hybridized carbons (Fsp3) is 1.00. The number of likely N-dealkylation sites (tertiary alicyclic amines) is 2. The zero-order valence-corrected chi connectivity index (χ0v) is 13.9. The van der Waals surface area contributed by atoms with Gasteiger partial charge in [-0.1, -0.05) is 20.8 Å². The minimum Gasteiger partial charge on any atom is -0.316 e. The molecule has 0 aromatic heterocycles. The van der Waals surface area contributed by atoms with Crippen LogP contribution in [-0.2, 0) is 0 Å². The fourth-order valence-corrected chi connectivity index (χ4v) is 3.76. The molecule has 2 aliphatic rings. The average molecular weight is 281 g/mol. The maximum Gasteiger partial charge on any atom is 0.0120 e. The molecule has 3 heteroatoms. The Morgan fingerprint density at radius 3 is 2.50 bits per heavy atom. The topological polar surface area (TPSA) is 18.5 Å². The van der Waals surface area contributed by atoms with Crippen LogP contribution in [0.5, 0.6) is 0 Å². The van der Waals surface area contributed by atoms with Crippen LogP contribution in [0.15, 0.2) is 0 Å². The molecule has 2 fully saturated rings. The second kappa shape index (κ2) is 8.35. The molecule has 0 radical (unpaired) electrons. The number of nitrogens with zero attached hydrogens (tertiary/aromatic N) is 2. The molecule has 2 rings (SSSR count). The predicted molar refractivity (Wildman–Crippen MR) is 87.1 cm³/mol. The van der Waals surface area contributed by atoms with Gasteiger partial charge in [0, 0.05) is 12.6 Å². The quantitative estimate of drug-likeness (QED) is 0.773. The smallest absolute Gasteiger partial charge is 0.0120 e. The van der Waals surface area contributed by atoms with Crippen molar-refractivity contribution in [3.05, 3.63) is 0 Å². The van der Waals surface area contributed by atoms with E-state index in [-0.39, 0.29) is 0 Å². The van der Waals surface area contributed by atoms with Crippen molar-refractivity contribution in [1.29, 1.82) is 0 Å². The molecule has 2 aliphatic heterocycles. The predicted octanol–water partition coefficient (Wildman–Crippen LogP) is 2.43. The van der Waals surface area contributed by atoms with Crippen molar-refractivity contribution in [2.75, 3.05) is 45.8 Å². The van der Waals surface area contributed by atoms with Crippen LogP contribution >= 0.6 is 0 Å². The number of piperidine rings is 1. The molecule has 0 bridgehead atoms. The lowest BCUT2D eigenvalue weighted by Gasteiger charge is -2.36. The molecule has 2 heterocycles. The highest BCUT2D eigenvalue weighted by atomic mass is 15.2. The lowest BCUT2D eigenvalue weighted by Crippen LogP contribution is -2.44. The summed E-state index contributed by atoms with van der Waals surface area (Å²) < 4.78 is 0. The highest BCUT2D eigenvalue weighted by Crippen LogP contribution is 2.24. The number of hydrogen-bond donors (Lipinski definition) is 1. The Morgan fingerprint density at radius 1 is 1.10 bits per heavy atom. The first-order valence-electron chi connectivity index (χ1n) is 8.86. The minimum absolute atomic E-state index is 0.774. The van der Waals surface area contributed by atoms with Gasteiger partial charge in [-0.3, -0.25) is 4.90 Å². The average Bonchev–Trinajstić information content (AvgIpc) is 2.88. The molecule has 0 aromatic rings. The number of nitrogens with one attached hydrogen (secondary N) is 1. The Hall–Kier alpha value is -0.120. The van der Waals surface area contributed by atoms with Gasteiger partial charge in [0.25, 0.3) is 0 Å². The molecule has 1 N–H and O–H groups in total. The Labute approximate surface area is 126 Å². The van der Waals surface area contributed by atoms with Crippen molar-refractivity contribution in [3.63, 3.8) is 0 Å². The van der Waals surface area contributed by atoms with Gasteiger partial charge in [0.2, 0.25) is 0 Å². The van der Waals surface area contributed by atoms with E-state index in [0.29, 0.717) is 0 Å². The van der Waals surface area contributed by atoms with Gasteiger partial charge in [-0.15, -0.1) is 0 Å². The summed E-state index contributed by atoms with van der Waals surface area (Å²) >= 11 is 0. The number of hydrogen-bond acceptors (Lipinski definition) is 3. The summed E-state index contributed by atoms with van der Waals surface area (Å²) in [5, 5.41) is 3.64. The molecule has 2 saturated heterocycles. The molecular weight excluding hydrogens is 246 g/mol. The summed E-state index contributed by atoms with van der Waals surface area (Å²) in [6.45, 7) is 15.9. The maximum atomic E-state index is 3.64. The van der Waals surface area contributed by atoms with Crippen LogP contribution in [0.1, 0.15) is 46.5 Å². The van der Waals surface area contributed by atoms with E-state index >= 15 is 0 Å². The summed E-state index contributed by atoms with van der Waals surface area (Å²) in [5.74, 6) is 1.66. The van der Waals surface area contributed by atoms with Crippen LogP contribution in [0, 0.1) is 11.8 Å². The zero-order chi connectivity index (χ0) is 14.4. The molecule has 0 aliphatic carbocycles. The molecule has 20 heavy (non-hydrogen) atoms. The molecule has 1 unspecified atom stereocenters. The Morgan fingerprint density at radius 2 is 1.85 bits per heavy atom. The lowest BCUT2D eigenvalue weighted by molar-refractivity contribution is 0.124. The van der Waals surface area contributed by atoms with Crippen molar-refractivity contribution < 1.29 is 0 Å². The second-order valence-electron chi connectivity index (χ2n) is 7.27. The van der Waals surface area contributed by atoms with Crippen molar-refractivity contribution in [2.24, 2.45) is 11.8 Å². The molecule has 0 saturated carbocycles. The van der Waals surface area contributed by atoms with E-state index in [1.165, 1.54) is 71.5 Å². The molecule has 118 valence electrons. The van der Waals surface area contributed by atoms with Gasteiger partial charge in [0.1, 0.15) is 0 Å². The van der Waals surface area contributed by atoms with Crippen LogP contribution in [-0.4, -0.2) is 61.7 Å². The van der Waals surface area contributed by atoms with Gasteiger partial charge in [0.05, 0.1) is 0 Å². The van der Waals surface area contributed by atoms with E-state index in [0.717, 1.165) is 17.9 Å². The maximum absolute atomic E-state index is 3.64. The summed E-state index contributed by atoms with van der Waals surface area (Å²) in [6.07, 6.45) is 5.50.